The molecule has 3 rings (SSSR count). The summed E-state index contributed by atoms with van der Waals surface area (Å²) in [4.78, 5) is 12.4. The fourth-order valence-electron chi connectivity index (χ4n) is 2.88. The van der Waals surface area contributed by atoms with Gasteiger partial charge in [0.25, 0.3) is 0 Å². The SMILES string of the molecule is C/C(=C\c1cc(Cl)ccc1O)CN1CCN(c2ncc(F)cn2)CC1. The van der Waals surface area contributed by atoms with E-state index in [0.717, 1.165) is 43.9 Å². The highest BCUT2D eigenvalue weighted by Gasteiger charge is 2.19. The van der Waals surface area contributed by atoms with Crippen molar-refractivity contribution in [1.82, 2.24) is 14.9 Å². The molecule has 132 valence electrons. The maximum absolute atomic E-state index is 12.9. The highest BCUT2D eigenvalue weighted by Crippen LogP contribution is 2.24. The predicted octanol–water partition coefficient (Wildman–Crippen LogP) is 3.20. The van der Waals surface area contributed by atoms with Gasteiger partial charge in [0.05, 0.1) is 12.4 Å². The molecule has 2 aromatic rings. The van der Waals surface area contributed by atoms with Gasteiger partial charge in [-0.25, -0.2) is 14.4 Å². The van der Waals surface area contributed by atoms with E-state index in [-0.39, 0.29) is 5.75 Å². The molecule has 0 amide bonds. The average Bonchev–Trinajstić information content (AvgIpc) is 2.59. The molecule has 1 aromatic heterocycles. The van der Waals surface area contributed by atoms with Gasteiger partial charge in [-0.1, -0.05) is 23.3 Å². The number of aromatic nitrogens is 2. The Labute approximate surface area is 151 Å². The van der Waals surface area contributed by atoms with Gasteiger partial charge in [0.15, 0.2) is 5.82 Å². The maximum atomic E-state index is 12.9. The van der Waals surface area contributed by atoms with E-state index in [4.69, 9.17) is 11.6 Å². The molecule has 7 heteroatoms. The first-order valence-corrected chi connectivity index (χ1v) is 8.49. The van der Waals surface area contributed by atoms with Crippen molar-refractivity contribution in [3.05, 3.63) is 52.6 Å². The molecule has 0 spiro atoms. The smallest absolute Gasteiger partial charge is 0.225 e. The lowest BCUT2D eigenvalue weighted by atomic mass is 10.1. The summed E-state index contributed by atoms with van der Waals surface area (Å²) in [6.07, 6.45) is 4.34. The summed E-state index contributed by atoms with van der Waals surface area (Å²) in [6, 6.07) is 5.02. The summed E-state index contributed by atoms with van der Waals surface area (Å²) >= 11 is 5.98. The zero-order chi connectivity index (χ0) is 17.8. The average molecular weight is 363 g/mol. The highest BCUT2D eigenvalue weighted by atomic mass is 35.5. The van der Waals surface area contributed by atoms with E-state index in [2.05, 4.69) is 19.8 Å². The molecule has 1 N–H and O–H groups in total. The number of nitrogens with zero attached hydrogens (tertiary/aromatic N) is 4. The van der Waals surface area contributed by atoms with Crippen LogP contribution >= 0.6 is 11.6 Å². The van der Waals surface area contributed by atoms with E-state index in [1.165, 1.54) is 12.4 Å². The first kappa shape index (κ1) is 17.6. The Morgan fingerprint density at radius 2 is 1.92 bits per heavy atom. The van der Waals surface area contributed by atoms with Gasteiger partial charge in [-0.3, -0.25) is 4.90 Å². The van der Waals surface area contributed by atoms with E-state index in [0.29, 0.717) is 11.0 Å². The summed E-state index contributed by atoms with van der Waals surface area (Å²) in [5.74, 6) is 0.367. The maximum Gasteiger partial charge on any atom is 0.225 e. The van der Waals surface area contributed by atoms with Crippen LogP contribution in [0, 0.1) is 5.82 Å². The van der Waals surface area contributed by atoms with E-state index in [1.807, 2.05) is 13.0 Å². The van der Waals surface area contributed by atoms with Crippen LogP contribution in [0.5, 0.6) is 5.75 Å². The Morgan fingerprint density at radius 3 is 2.60 bits per heavy atom. The molecule has 0 aliphatic carbocycles. The number of hydrogen-bond acceptors (Lipinski definition) is 5. The largest absolute Gasteiger partial charge is 0.507 e. The van der Waals surface area contributed by atoms with Crippen molar-refractivity contribution in [2.24, 2.45) is 0 Å². The minimum absolute atomic E-state index is 0.224. The topological polar surface area (TPSA) is 52.5 Å². The third kappa shape index (κ3) is 4.67. The first-order valence-electron chi connectivity index (χ1n) is 8.12. The van der Waals surface area contributed by atoms with Crippen molar-refractivity contribution >= 4 is 23.6 Å². The van der Waals surface area contributed by atoms with E-state index >= 15 is 0 Å². The molecule has 25 heavy (non-hydrogen) atoms. The second kappa shape index (κ2) is 7.80. The fraction of sp³-hybridized carbons (Fsp3) is 0.333. The van der Waals surface area contributed by atoms with Gasteiger partial charge in [0.1, 0.15) is 5.75 Å². The molecular formula is C18H20ClFN4O. The minimum atomic E-state index is -0.424. The number of anilines is 1. The van der Waals surface area contributed by atoms with Crippen molar-refractivity contribution in [2.75, 3.05) is 37.6 Å². The van der Waals surface area contributed by atoms with Crippen LogP contribution in [-0.2, 0) is 0 Å². The minimum Gasteiger partial charge on any atom is -0.507 e. The van der Waals surface area contributed by atoms with Crippen LogP contribution in [0.2, 0.25) is 5.02 Å². The second-order valence-electron chi connectivity index (χ2n) is 6.16. The second-order valence-corrected chi connectivity index (χ2v) is 6.59. The molecule has 0 radical (unpaired) electrons. The van der Waals surface area contributed by atoms with Crippen LogP contribution in [0.4, 0.5) is 10.3 Å². The number of piperazine rings is 1. The monoisotopic (exact) mass is 362 g/mol. The van der Waals surface area contributed by atoms with Crippen molar-refractivity contribution in [3.63, 3.8) is 0 Å². The molecule has 1 saturated heterocycles. The molecule has 0 bridgehead atoms. The number of rotatable bonds is 4. The van der Waals surface area contributed by atoms with Crippen molar-refractivity contribution < 1.29 is 9.50 Å². The molecule has 5 nitrogen and oxygen atoms in total. The Morgan fingerprint density at radius 1 is 1.24 bits per heavy atom. The standard InChI is InChI=1S/C18H20ClFN4O/c1-13(8-14-9-15(19)2-3-17(14)25)12-23-4-6-24(7-5-23)18-21-10-16(20)11-22-18/h2-3,8-11,25H,4-7,12H2,1H3/b13-8+. The van der Waals surface area contributed by atoms with Crippen molar-refractivity contribution in [3.8, 4) is 5.75 Å². The molecule has 1 fully saturated rings. The number of halogens is 2. The summed E-state index contributed by atoms with van der Waals surface area (Å²) in [5, 5.41) is 10.5. The number of benzene rings is 1. The van der Waals surface area contributed by atoms with Gasteiger partial charge in [-0.2, -0.15) is 0 Å². The molecule has 1 aromatic carbocycles. The first-order chi connectivity index (χ1) is 12.0. The molecule has 0 saturated carbocycles. The Hall–Kier alpha value is -2.18. The Kier molecular flexibility index (Phi) is 5.50. The van der Waals surface area contributed by atoms with Crippen molar-refractivity contribution in [1.29, 1.82) is 0 Å². The van der Waals surface area contributed by atoms with Gasteiger partial charge >= 0.3 is 0 Å². The van der Waals surface area contributed by atoms with Gasteiger partial charge in [-0.15, -0.1) is 0 Å². The molecule has 0 unspecified atom stereocenters. The van der Waals surface area contributed by atoms with E-state index in [9.17, 15) is 9.50 Å². The number of hydrogen-bond donors (Lipinski definition) is 1. The molecule has 2 heterocycles. The summed E-state index contributed by atoms with van der Waals surface area (Å²) < 4.78 is 12.9. The predicted molar refractivity (Wildman–Crippen MR) is 97.4 cm³/mol. The highest BCUT2D eigenvalue weighted by molar-refractivity contribution is 6.30. The van der Waals surface area contributed by atoms with E-state index < -0.39 is 5.82 Å². The van der Waals surface area contributed by atoms with Gasteiger partial charge in [-0.05, 0) is 25.1 Å². The Balaban J connectivity index is 1.57. The zero-order valence-corrected chi connectivity index (χ0v) is 14.7. The summed E-state index contributed by atoms with van der Waals surface area (Å²) in [5.41, 5.74) is 1.87. The van der Waals surface area contributed by atoms with Crippen LogP contribution < -0.4 is 4.90 Å². The molecular weight excluding hydrogens is 343 g/mol. The third-order valence-corrected chi connectivity index (χ3v) is 4.36. The fourth-order valence-corrected chi connectivity index (χ4v) is 3.06. The van der Waals surface area contributed by atoms with Crippen molar-refractivity contribution in [2.45, 2.75) is 6.92 Å². The van der Waals surface area contributed by atoms with Gasteiger partial charge < -0.3 is 10.0 Å². The summed E-state index contributed by atoms with van der Waals surface area (Å²) in [6.45, 7) is 6.17. The lowest BCUT2D eigenvalue weighted by Gasteiger charge is -2.34. The third-order valence-electron chi connectivity index (χ3n) is 4.13. The summed E-state index contributed by atoms with van der Waals surface area (Å²) in [7, 11) is 0. The Bertz CT molecular complexity index is 758. The van der Waals surface area contributed by atoms with Crippen LogP contribution in [0.1, 0.15) is 12.5 Å². The normalized spacial score (nSPS) is 16.3. The zero-order valence-electron chi connectivity index (χ0n) is 14.0. The lowest BCUT2D eigenvalue weighted by Crippen LogP contribution is -2.47. The number of phenolic OH excluding ortho intramolecular Hbond substituents is 1. The van der Waals surface area contributed by atoms with Crippen LogP contribution in [0.25, 0.3) is 6.08 Å². The van der Waals surface area contributed by atoms with Crippen LogP contribution in [0.3, 0.4) is 0 Å². The van der Waals surface area contributed by atoms with Gasteiger partial charge in [0.2, 0.25) is 5.95 Å². The lowest BCUT2D eigenvalue weighted by molar-refractivity contribution is 0.277. The van der Waals surface area contributed by atoms with Gasteiger partial charge in [0, 0.05) is 43.3 Å². The molecule has 1 aliphatic heterocycles. The van der Waals surface area contributed by atoms with E-state index in [1.54, 1.807) is 18.2 Å². The molecule has 0 atom stereocenters. The van der Waals surface area contributed by atoms with Crippen LogP contribution in [0.15, 0.2) is 36.2 Å². The number of aromatic hydroxyl groups is 1. The van der Waals surface area contributed by atoms with Crippen LogP contribution in [-0.4, -0.2) is 52.7 Å². The number of phenols is 1. The quantitative estimate of drug-likeness (QED) is 0.905. The molecule has 1 aliphatic rings.